The lowest BCUT2D eigenvalue weighted by Gasteiger charge is -2.34. The molecule has 35 heavy (non-hydrogen) atoms. The highest BCUT2D eigenvalue weighted by molar-refractivity contribution is 6.01. The molecule has 1 unspecified atom stereocenters. The van der Waals surface area contributed by atoms with Crippen LogP contribution in [0.15, 0.2) is 66.9 Å². The number of hydrogen-bond donors (Lipinski definition) is 2. The summed E-state index contributed by atoms with van der Waals surface area (Å²) in [5.74, 6) is -0.871. The zero-order valence-electron chi connectivity index (χ0n) is 19.3. The number of aromatic nitrogens is 1. The molecule has 6 nitrogen and oxygen atoms in total. The Morgan fingerprint density at radius 3 is 2.57 bits per heavy atom. The van der Waals surface area contributed by atoms with Gasteiger partial charge in [0.2, 0.25) is 11.8 Å². The Labute approximate surface area is 216 Å². The highest BCUT2D eigenvalue weighted by Crippen LogP contribution is 2.28. The Bertz CT molecular complexity index is 1160. The third-order valence-electron chi connectivity index (χ3n) is 5.80. The lowest BCUT2D eigenvalue weighted by molar-refractivity contribution is -0.128. The van der Waals surface area contributed by atoms with E-state index in [4.69, 9.17) is 5.73 Å². The summed E-state index contributed by atoms with van der Waals surface area (Å²) in [5, 5.41) is 2.82. The van der Waals surface area contributed by atoms with Crippen LogP contribution in [0.4, 0.5) is 10.1 Å². The Morgan fingerprint density at radius 2 is 1.86 bits per heavy atom. The van der Waals surface area contributed by atoms with Crippen molar-refractivity contribution in [2.24, 2.45) is 5.73 Å². The molecule has 9 heteroatoms. The van der Waals surface area contributed by atoms with E-state index in [1.54, 1.807) is 35.4 Å². The van der Waals surface area contributed by atoms with Crippen LogP contribution in [-0.2, 0) is 29.0 Å². The number of amides is 2. The lowest BCUT2D eigenvalue weighted by Crippen LogP contribution is -2.53. The molecular weight excluding hydrogens is 490 g/mol. The predicted molar refractivity (Wildman–Crippen MR) is 139 cm³/mol. The molecule has 0 bridgehead atoms. The molecular formula is C26H29Cl2FN4O2. The molecule has 2 aromatic carbocycles. The van der Waals surface area contributed by atoms with Gasteiger partial charge in [0.05, 0.1) is 17.9 Å². The van der Waals surface area contributed by atoms with Gasteiger partial charge >= 0.3 is 0 Å². The summed E-state index contributed by atoms with van der Waals surface area (Å²) in [7, 11) is 0. The summed E-state index contributed by atoms with van der Waals surface area (Å²) in [6.07, 6.45) is 2.23. The van der Waals surface area contributed by atoms with Crippen molar-refractivity contribution in [1.29, 1.82) is 0 Å². The molecule has 2 amide bonds. The van der Waals surface area contributed by atoms with Gasteiger partial charge in [0.1, 0.15) is 11.9 Å². The van der Waals surface area contributed by atoms with Crippen molar-refractivity contribution in [2.75, 3.05) is 4.90 Å². The average Bonchev–Trinajstić information content (AvgIpc) is 2.79. The molecule has 1 aliphatic heterocycles. The number of carbonyl (C=O) groups is 2. The van der Waals surface area contributed by atoms with E-state index >= 15 is 0 Å². The fourth-order valence-corrected chi connectivity index (χ4v) is 4.08. The van der Waals surface area contributed by atoms with E-state index in [1.807, 2.05) is 37.3 Å². The molecule has 0 radical (unpaired) electrons. The molecule has 0 fully saturated rings. The zero-order chi connectivity index (χ0) is 23.4. The van der Waals surface area contributed by atoms with E-state index in [-0.39, 0.29) is 55.3 Å². The third kappa shape index (κ3) is 7.01. The topological polar surface area (TPSA) is 88.3 Å². The van der Waals surface area contributed by atoms with Gasteiger partial charge < -0.3 is 16.0 Å². The second-order valence-corrected chi connectivity index (χ2v) is 8.46. The fraction of sp³-hybridized carbons (Fsp3) is 0.269. The van der Waals surface area contributed by atoms with Crippen LogP contribution in [0.1, 0.15) is 28.8 Å². The number of halogens is 3. The summed E-state index contributed by atoms with van der Waals surface area (Å²) < 4.78 is 13.9. The maximum atomic E-state index is 13.9. The minimum absolute atomic E-state index is 0. The molecule has 0 spiro atoms. The van der Waals surface area contributed by atoms with Crippen LogP contribution in [0.5, 0.6) is 0 Å². The van der Waals surface area contributed by atoms with E-state index in [2.05, 4.69) is 10.3 Å². The van der Waals surface area contributed by atoms with Gasteiger partial charge in [-0.2, -0.15) is 0 Å². The lowest BCUT2D eigenvalue weighted by atomic mass is 9.99. The summed E-state index contributed by atoms with van der Waals surface area (Å²) in [5.41, 5.74) is 10.2. The molecule has 0 aliphatic carbocycles. The first kappa shape index (κ1) is 28.2. The molecule has 186 valence electrons. The summed E-state index contributed by atoms with van der Waals surface area (Å²) in [4.78, 5) is 32.1. The highest BCUT2D eigenvalue weighted by Gasteiger charge is 2.34. The van der Waals surface area contributed by atoms with Gasteiger partial charge in [0.15, 0.2) is 0 Å². The first-order chi connectivity index (χ1) is 15.9. The number of rotatable bonds is 7. The number of hydrogen-bond acceptors (Lipinski definition) is 4. The molecule has 1 aliphatic rings. The normalized spacial score (nSPS) is 15.3. The van der Waals surface area contributed by atoms with E-state index in [1.165, 1.54) is 6.07 Å². The molecule has 2 heterocycles. The van der Waals surface area contributed by atoms with E-state index in [0.717, 1.165) is 22.5 Å². The molecule has 0 saturated carbocycles. The summed E-state index contributed by atoms with van der Waals surface area (Å²) >= 11 is 0. The minimum atomic E-state index is -0.731. The van der Waals surface area contributed by atoms with Gasteiger partial charge in [0, 0.05) is 25.1 Å². The van der Waals surface area contributed by atoms with Gasteiger partial charge in [-0.3, -0.25) is 14.6 Å². The van der Waals surface area contributed by atoms with Gasteiger partial charge in [-0.1, -0.05) is 48.0 Å². The Hall–Kier alpha value is -3.00. The number of pyridine rings is 1. The monoisotopic (exact) mass is 518 g/mol. The fourth-order valence-electron chi connectivity index (χ4n) is 4.08. The van der Waals surface area contributed by atoms with Crippen molar-refractivity contribution in [3.63, 3.8) is 0 Å². The standard InChI is InChI=1S/C26H27FN4O2.2ClH/c1-17-8-10-18(11-9-17)16-31-24-7-4-12-29-22(24)15-23(26(31)33)30-25(32)14-20(28)13-19-5-2-3-6-21(19)27;;/h2-12,20,23H,13-16,28H2,1H3,(H,30,32);2*1H/t20-,23?;;/m1../s1. The minimum Gasteiger partial charge on any atom is -0.344 e. The average molecular weight is 519 g/mol. The maximum Gasteiger partial charge on any atom is 0.250 e. The van der Waals surface area contributed by atoms with E-state index in [0.29, 0.717) is 18.5 Å². The first-order valence-electron chi connectivity index (χ1n) is 11.0. The van der Waals surface area contributed by atoms with Crippen LogP contribution in [-0.4, -0.2) is 28.9 Å². The van der Waals surface area contributed by atoms with Crippen LogP contribution in [0.2, 0.25) is 0 Å². The number of aryl methyl sites for hydroxylation is 1. The number of nitrogens with zero attached hydrogens (tertiary/aromatic N) is 2. The maximum absolute atomic E-state index is 13.9. The van der Waals surface area contributed by atoms with Crippen molar-refractivity contribution in [1.82, 2.24) is 10.3 Å². The second-order valence-electron chi connectivity index (χ2n) is 8.46. The number of nitrogens with one attached hydrogen (secondary N) is 1. The first-order valence-corrected chi connectivity index (χ1v) is 11.0. The number of anilines is 1. The van der Waals surface area contributed by atoms with Gasteiger partial charge in [-0.25, -0.2) is 4.39 Å². The van der Waals surface area contributed by atoms with E-state index < -0.39 is 12.1 Å². The van der Waals surface area contributed by atoms with E-state index in [9.17, 15) is 14.0 Å². The molecule has 3 aromatic rings. The molecule has 4 rings (SSSR count). The van der Waals surface area contributed by atoms with Crippen LogP contribution >= 0.6 is 24.8 Å². The number of carbonyl (C=O) groups excluding carboxylic acids is 2. The Morgan fingerprint density at radius 1 is 1.14 bits per heavy atom. The van der Waals surface area contributed by atoms with Crippen molar-refractivity contribution in [2.45, 2.75) is 44.8 Å². The van der Waals surface area contributed by atoms with Crippen LogP contribution in [0.3, 0.4) is 0 Å². The van der Waals surface area contributed by atoms with Crippen molar-refractivity contribution in [3.8, 4) is 0 Å². The molecule has 3 N–H and O–H groups in total. The highest BCUT2D eigenvalue weighted by atomic mass is 35.5. The molecule has 1 aromatic heterocycles. The SMILES string of the molecule is Cc1ccc(CN2C(=O)C(NC(=O)C[C@H](N)Cc3ccccc3F)Cc3ncccc32)cc1.Cl.Cl. The molecule has 0 saturated heterocycles. The number of fused-ring (bicyclic) bond motifs is 1. The van der Waals surface area contributed by atoms with Gasteiger partial charge in [-0.15, -0.1) is 24.8 Å². The predicted octanol–water partition coefficient (Wildman–Crippen LogP) is 3.91. The van der Waals surface area contributed by atoms with Crippen molar-refractivity contribution < 1.29 is 14.0 Å². The molecule has 2 atom stereocenters. The smallest absolute Gasteiger partial charge is 0.250 e. The third-order valence-corrected chi connectivity index (χ3v) is 5.80. The quantitative estimate of drug-likeness (QED) is 0.496. The second kappa shape index (κ2) is 12.6. The van der Waals surface area contributed by atoms with Crippen LogP contribution < -0.4 is 16.0 Å². The van der Waals surface area contributed by atoms with Crippen LogP contribution in [0.25, 0.3) is 0 Å². The Balaban J connectivity index is 0.00000216. The number of benzene rings is 2. The van der Waals surface area contributed by atoms with Crippen molar-refractivity contribution in [3.05, 3.63) is 95.1 Å². The van der Waals surface area contributed by atoms with Crippen LogP contribution in [0, 0.1) is 12.7 Å². The Kier molecular flexibility index (Phi) is 10.2. The van der Waals surface area contributed by atoms with Crippen molar-refractivity contribution >= 4 is 42.3 Å². The largest absolute Gasteiger partial charge is 0.344 e. The van der Waals surface area contributed by atoms with Gasteiger partial charge in [0.25, 0.3) is 0 Å². The van der Waals surface area contributed by atoms with Gasteiger partial charge in [-0.05, 0) is 42.7 Å². The summed E-state index contributed by atoms with van der Waals surface area (Å²) in [6, 6.07) is 16.7. The zero-order valence-corrected chi connectivity index (χ0v) is 20.9. The summed E-state index contributed by atoms with van der Waals surface area (Å²) in [6.45, 7) is 2.40. The number of nitrogens with two attached hydrogens (primary N) is 1.